The number of esters is 1. The number of rotatable bonds is 6. The Bertz CT molecular complexity index is 1170. The molecule has 0 aliphatic rings. The molecule has 34 heavy (non-hydrogen) atoms. The summed E-state index contributed by atoms with van der Waals surface area (Å²) in [6.45, 7) is 4.93. The van der Waals surface area contributed by atoms with E-state index in [1.165, 1.54) is 23.7 Å². The molecule has 0 saturated carbocycles. The minimum absolute atomic E-state index is 0.118. The van der Waals surface area contributed by atoms with Gasteiger partial charge in [0.2, 0.25) is 0 Å². The monoisotopic (exact) mass is 464 g/mol. The predicted octanol–water partition coefficient (Wildman–Crippen LogP) is 3.81. The Kier molecular flexibility index (Phi) is 7.35. The Hall–Kier alpha value is -4.14. The topological polar surface area (TPSA) is 103 Å². The van der Waals surface area contributed by atoms with Crippen LogP contribution in [0, 0.1) is 0 Å². The number of anilines is 1. The molecule has 0 spiro atoms. The van der Waals surface area contributed by atoms with Crippen LogP contribution in [-0.4, -0.2) is 54.1 Å². The van der Waals surface area contributed by atoms with Crippen LogP contribution in [0.4, 0.5) is 10.6 Å². The summed E-state index contributed by atoms with van der Waals surface area (Å²) in [5.41, 5.74) is 1.01. The molecule has 1 aromatic heterocycles. The molecule has 9 nitrogen and oxygen atoms in total. The van der Waals surface area contributed by atoms with Crippen LogP contribution in [0.5, 0.6) is 0 Å². The van der Waals surface area contributed by atoms with Crippen LogP contribution in [0.25, 0.3) is 16.9 Å². The van der Waals surface area contributed by atoms with Crippen LogP contribution in [0.1, 0.15) is 31.1 Å². The van der Waals surface area contributed by atoms with E-state index in [4.69, 9.17) is 9.84 Å². The molecule has 0 fully saturated rings. The lowest BCUT2D eigenvalue weighted by Gasteiger charge is -2.25. The lowest BCUT2D eigenvalue weighted by atomic mass is 10.1. The van der Waals surface area contributed by atoms with E-state index in [0.29, 0.717) is 16.9 Å². The number of hydrogen-bond donors (Lipinski definition) is 1. The van der Waals surface area contributed by atoms with Crippen molar-refractivity contribution >= 4 is 23.8 Å². The third kappa shape index (κ3) is 5.61. The molecule has 0 atom stereocenters. The average molecular weight is 465 g/mol. The average Bonchev–Trinajstić information content (AvgIpc) is 3.22. The summed E-state index contributed by atoms with van der Waals surface area (Å²) < 4.78 is 11.7. The zero-order valence-corrected chi connectivity index (χ0v) is 19.9. The highest BCUT2D eigenvalue weighted by atomic mass is 16.6. The molecule has 3 rings (SSSR count). The van der Waals surface area contributed by atoms with E-state index < -0.39 is 23.6 Å². The molecule has 9 heteroatoms. The second-order valence-electron chi connectivity index (χ2n) is 8.46. The van der Waals surface area contributed by atoms with Crippen LogP contribution >= 0.6 is 0 Å². The summed E-state index contributed by atoms with van der Waals surface area (Å²) >= 11 is 0. The van der Waals surface area contributed by atoms with Gasteiger partial charge in [-0.2, -0.15) is 5.10 Å². The van der Waals surface area contributed by atoms with Crippen molar-refractivity contribution in [3.63, 3.8) is 0 Å². The number of benzene rings is 2. The van der Waals surface area contributed by atoms with Gasteiger partial charge in [-0.15, -0.1) is 0 Å². The summed E-state index contributed by atoms with van der Waals surface area (Å²) in [5, 5.41) is 7.27. The fraction of sp³-hybridized carbons (Fsp3) is 0.280. The van der Waals surface area contributed by atoms with Gasteiger partial charge in [0.05, 0.1) is 12.8 Å². The predicted molar refractivity (Wildman–Crippen MR) is 128 cm³/mol. The summed E-state index contributed by atoms with van der Waals surface area (Å²) in [7, 11) is 2.75. The van der Waals surface area contributed by atoms with Crippen molar-refractivity contribution in [2.24, 2.45) is 0 Å². The fourth-order valence-electron chi connectivity index (χ4n) is 3.21. The van der Waals surface area contributed by atoms with Crippen molar-refractivity contribution in [2.75, 3.05) is 25.6 Å². The molecular formula is C25H28N4O5. The van der Waals surface area contributed by atoms with E-state index in [9.17, 15) is 14.4 Å². The van der Waals surface area contributed by atoms with Crippen LogP contribution in [0.2, 0.25) is 0 Å². The number of nitrogens with zero attached hydrogens (tertiary/aromatic N) is 3. The molecule has 2 aromatic carbocycles. The number of ether oxygens (including phenoxy) is 2. The van der Waals surface area contributed by atoms with Crippen molar-refractivity contribution in [2.45, 2.75) is 26.4 Å². The fourth-order valence-corrected chi connectivity index (χ4v) is 3.21. The molecule has 0 unspecified atom stereocenters. The van der Waals surface area contributed by atoms with Crippen molar-refractivity contribution in [3.05, 3.63) is 66.2 Å². The molecule has 0 bridgehead atoms. The third-order valence-electron chi connectivity index (χ3n) is 4.74. The van der Waals surface area contributed by atoms with Gasteiger partial charge in [0.25, 0.3) is 5.91 Å². The van der Waals surface area contributed by atoms with E-state index in [1.54, 1.807) is 20.8 Å². The first-order valence-electron chi connectivity index (χ1n) is 10.7. The molecule has 0 radical (unpaired) electrons. The van der Waals surface area contributed by atoms with Crippen molar-refractivity contribution < 1.29 is 23.9 Å². The molecule has 0 aliphatic carbocycles. The SMILES string of the molecule is COC(=O)CNC(=O)c1c(-c2ccccc2)nn(-c2ccccc2)c1N(C)C(=O)OC(C)(C)C. The lowest BCUT2D eigenvalue weighted by molar-refractivity contribution is -0.139. The normalized spacial score (nSPS) is 11.0. The molecule has 2 amide bonds. The standard InChI is InChI=1S/C25H28N4O5/c1-25(2,3)34-24(32)28(4)23-20(22(31)26-16-19(30)33-5)21(17-12-8-6-9-13-17)27-29(23)18-14-10-7-11-15-18/h6-15H,16H2,1-5H3,(H,26,31). The molecule has 3 aromatic rings. The Labute approximate surface area is 198 Å². The van der Waals surface area contributed by atoms with E-state index in [2.05, 4.69) is 10.1 Å². The highest BCUT2D eigenvalue weighted by molar-refractivity contribution is 6.08. The molecule has 178 valence electrons. The molecule has 1 heterocycles. The summed E-state index contributed by atoms with van der Waals surface area (Å²) in [6.07, 6.45) is -0.661. The number of carbonyl (C=O) groups excluding carboxylic acids is 3. The van der Waals surface area contributed by atoms with Gasteiger partial charge in [0.1, 0.15) is 23.4 Å². The van der Waals surface area contributed by atoms with E-state index in [-0.39, 0.29) is 17.9 Å². The van der Waals surface area contributed by atoms with E-state index >= 15 is 0 Å². The van der Waals surface area contributed by atoms with Gasteiger partial charge in [-0.1, -0.05) is 48.5 Å². The largest absolute Gasteiger partial charge is 0.468 e. The molecule has 1 N–H and O–H groups in total. The lowest BCUT2D eigenvalue weighted by Crippen LogP contribution is -2.37. The van der Waals surface area contributed by atoms with Gasteiger partial charge in [-0.3, -0.25) is 14.5 Å². The second-order valence-corrected chi connectivity index (χ2v) is 8.46. The minimum Gasteiger partial charge on any atom is -0.468 e. The van der Waals surface area contributed by atoms with Crippen molar-refractivity contribution in [1.82, 2.24) is 15.1 Å². The minimum atomic E-state index is -0.751. The summed E-state index contributed by atoms with van der Waals surface area (Å²) in [6, 6.07) is 18.2. The molecule has 0 aliphatic heterocycles. The van der Waals surface area contributed by atoms with Gasteiger partial charge in [0, 0.05) is 12.6 Å². The first kappa shape index (κ1) is 24.5. The van der Waals surface area contributed by atoms with Crippen molar-refractivity contribution in [1.29, 1.82) is 0 Å². The summed E-state index contributed by atoms with van der Waals surface area (Å²) in [5.74, 6) is -0.995. The van der Waals surface area contributed by atoms with Crippen LogP contribution in [0.3, 0.4) is 0 Å². The van der Waals surface area contributed by atoms with Gasteiger partial charge in [0.15, 0.2) is 5.82 Å². The van der Waals surface area contributed by atoms with Gasteiger partial charge >= 0.3 is 12.1 Å². The third-order valence-corrected chi connectivity index (χ3v) is 4.74. The number of carbonyl (C=O) groups is 3. The number of hydrogen-bond acceptors (Lipinski definition) is 6. The Morgan fingerprint density at radius 1 is 1.00 bits per heavy atom. The Morgan fingerprint density at radius 2 is 1.59 bits per heavy atom. The Balaban J connectivity index is 2.24. The number of aromatic nitrogens is 2. The second kappa shape index (κ2) is 10.2. The smallest absolute Gasteiger partial charge is 0.415 e. The number of para-hydroxylation sites is 1. The maximum absolute atomic E-state index is 13.4. The van der Waals surface area contributed by atoms with Gasteiger partial charge in [-0.05, 0) is 32.9 Å². The Morgan fingerprint density at radius 3 is 2.15 bits per heavy atom. The number of methoxy groups -OCH3 is 1. The maximum atomic E-state index is 13.4. The highest BCUT2D eigenvalue weighted by Gasteiger charge is 2.32. The number of nitrogens with one attached hydrogen (secondary N) is 1. The quantitative estimate of drug-likeness (QED) is 0.557. The zero-order valence-electron chi connectivity index (χ0n) is 19.9. The first-order valence-corrected chi connectivity index (χ1v) is 10.7. The molecule has 0 saturated heterocycles. The first-order chi connectivity index (χ1) is 16.1. The van der Waals surface area contributed by atoms with Gasteiger partial charge in [-0.25, -0.2) is 9.48 Å². The number of amides is 2. The zero-order chi connectivity index (χ0) is 24.9. The summed E-state index contributed by atoms with van der Waals surface area (Å²) in [4.78, 5) is 39.3. The molecular weight excluding hydrogens is 436 g/mol. The van der Waals surface area contributed by atoms with E-state index in [1.807, 2.05) is 60.7 Å². The highest BCUT2D eigenvalue weighted by Crippen LogP contribution is 2.34. The van der Waals surface area contributed by atoms with Crippen LogP contribution < -0.4 is 10.2 Å². The van der Waals surface area contributed by atoms with E-state index in [0.717, 1.165) is 0 Å². The van der Waals surface area contributed by atoms with Gasteiger partial charge < -0.3 is 14.8 Å². The maximum Gasteiger partial charge on any atom is 0.415 e. The van der Waals surface area contributed by atoms with Crippen LogP contribution in [-0.2, 0) is 14.3 Å². The van der Waals surface area contributed by atoms with Crippen LogP contribution in [0.15, 0.2) is 60.7 Å². The van der Waals surface area contributed by atoms with Crippen molar-refractivity contribution in [3.8, 4) is 16.9 Å².